The zero-order valence-electron chi connectivity index (χ0n) is 12.5. The first-order valence-electron chi connectivity index (χ1n) is 6.92. The molecule has 1 unspecified atom stereocenters. The van der Waals surface area contributed by atoms with Crippen molar-refractivity contribution in [3.05, 3.63) is 63.9 Å². The minimum absolute atomic E-state index is 0.166. The van der Waals surface area contributed by atoms with Crippen molar-refractivity contribution in [2.24, 2.45) is 0 Å². The Balaban J connectivity index is 2.01. The van der Waals surface area contributed by atoms with Crippen LogP contribution in [0.15, 0.2) is 46.9 Å². The van der Waals surface area contributed by atoms with Gasteiger partial charge in [0.25, 0.3) is 0 Å². The van der Waals surface area contributed by atoms with E-state index in [1.165, 1.54) is 17.3 Å². The summed E-state index contributed by atoms with van der Waals surface area (Å²) >= 11 is 3.37. The molecule has 4 heteroatoms. The fourth-order valence-electron chi connectivity index (χ4n) is 2.12. The second kappa shape index (κ2) is 7.05. The van der Waals surface area contributed by atoms with Crippen LogP contribution in [0.25, 0.3) is 0 Å². The summed E-state index contributed by atoms with van der Waals surface area (Å²) in [5, 5.41) is 3.36. The Hall–Kier alpha value is -1.39. The first-order chi connectivity index (χ1) is 9.97. The highest BCUT2D eigenvalue weighted by molar-refractivity contribution is 9.10. The Bertz CT molecular complexity index is 596. The molecule has 0 fully saturated rings. The van der Waals surface area contributed by atoms with Crippen molar-refractivity contribution >= 4 is 21.6 Å². The quantitative estimate of drug-likeness (QED) is 0.853. The Labute approximate surface area is 134 Å². The largest absolute Gasteiger partial charge is 0.378 e. The molecule has 1 atom stereocenters. The van der Waals surface area contributed by atoms with E-state index in [1.807, 2.05) is 20.2 Å². The Morgan fingerprint density at radius 1 is 1.14 bits per heavy atom. The van der Waals surface area contributed by atoms with E-state index in [9.17, 15) is 4.39 Å². The molecule has 1 N–H and O–H groups in total. The fraction of sp³-hybridized carbons (Fsp3) is 0.294. The third-order valence-electron chi connectivity index (χ3n) is 3.52. The third-order valence-corrected chi connectivity index (χ3v) is 4.01. The summed E-state index contributed by atoms with van der Waals surface area (Å²) in [5.41, 5.74) is 3.03. The van der Waals surface area contributed by atoms with Crippen LogP contribution in [0.5, 0.6) is 0 Å². The third kappa shape index (κ3) is 4.29. The molecule has 0 spiro atoms. The zero-order valence-corrected chi connectivity index (χ0v) is 14.1. The van der Waals surface area contributed by atoms with Crippen molar-refractivity contribution in [3.63, 3.8) is 0 Å². The SMILES string of the molecule is CC(NCc1cc(Br)ccc1F)c1ccc(N(C)C)cc1. The summed E-state index contributed by atoms with van der Waals surface area (Å²) < 4.78 is 14.6. The number of anilines is 1. The van der Waals surface area contributed by atoms with Gasteiger partial charge in [0.1, 0.15) is 5.82 Å². The highest BCUT2D eigenvalue weighted by atomic mass is 79.9. The number of benzene rings is 2. The maximum Gasteiger partial charge on any atom is 0.127 e. The summed E-state index contributed by atoms with van der Waals surface area (Å²) in [6, 6.07) is 13.6. The molecule has 2 aromatic carbocycles. The summed E-state index contributed by atoms with van der Waals surface area (Å²) in [6.45, 7) is 2.59. The molecule has 0 saturated carbocycles. The van der Waals surface area contributed by atoms with Gasteiger partial charge in [-0.3, -0.25) is 0 Å². The van der Waals surface area contributed by atoms with Crippen LogP contribution in [0.1, 0.15) is 24.1 Å². The fourth-order valence-corrected chi connectivity index (χ4v) is 2.53. The second-order valence-electron chi connectivity index (χ2n) is 5.32. The van der Waals surface area contributed by atoms with Gasteiger partial charge in [0, 0.05) is 42.4 Å². The van der Waals surface area contributed by atoms with Crippen molar-refractivity contribution in [1.29, 1.82) is 0 Å². The van der Waals surface area contributed by atoms with Crippen LogP contribution < -0.4 is 10.2 Å². The molecule has 0 amide bonds. The van der Waals surface area contributed by atoms with E-state index in [1.54, 1.807) is 6.07 Å². The molecular formula is C17H20BrFN2. The van der Waals surface area contributed by atoms with E-state index in [2.05, 4.69) is 57.3 Å². The number of nitrogens with zero attached hydrogens (tertiary/aromatic N) is 1. The number of rotatable bonds is 5. The topological polar surface area (TPSA) is 15.3 Å². The molecule has 0 heterocycles. The Kier molecular flexibility index (Phi) is 5.37. The molecule has 2 aromatic rings. The molecule has 2 rings (SSSR count). The standard InChI is InChI=1S/C17H20BrFN2/c1-12(13-4-7-16(8-5-13)21(2)3)20-11-14-10-15(18)6-9-17(14)19/h4-10,12,20H,11H2,1-3H3. The van der Waals surface area contributed by atoms with Crippen molar-refractivity contribution in [1.82, 2.24) is 5.32 Å². The average molecular weight is 351 g/mol. The predicted octanol–water partition coefficient (Wildman–Crippen LogP) is 4.51. The van der Waals surface area contributed by atoms with E-state index in [4.69, 9.17) is 0 Å². The van der Waals surface area contributed by atoms with Crippen molar-refractivity contribution in [2.45, 2.75) is 19.5 Å². The van der Waals surface area contributed by atoms with Crippen LogP contribution in [0, 0.1) is 5.82 Å². The van der Waals surface area contributed by atoms with Gasteiger partial charge >= 0.3 is 0 Å². The molecule has 2 nitrogen and oxygen atoms in total. The molecule has 0 bridgehead atoms. The lowest BCUT2D eigenvalue weighted by Crippen LogP contribution is -2.19. The van der Waals surface area contributed by atoms with E-state index < -0.39 is 0 Å². The smallest absolute Gasteiger partial charge is 0.127 e. The van der Waals surface area contributed by atoms with Gasteiger partial charge in [-0.25, -0.2) is 4.39 Å². The molecule has 0 radical (unpaired) electrons. The molecule has 21 heavy (non-hydrogen) atoms. The summed E-state index contributed by atoms with van der Waals surface area (Å²) in [7, 11) is 4.04. The van der Waals surface area contributed by atoms with E-state index in [0.29, 0.717) is 12.1 Å². The first kappa shape index (κ1) is 16.0. The highest BCUT2D eigenvalue weighted by Crippen LogP contribution is 2.19. The van der Waals surface area contributed by atoms with Gasteiger partial charge in [-0.1, -0.05) is 28.1 Å². The van der Waals surface area contributed by atoms with Gasteiger partial charge in [-0.05, 0) is 42.8 Å². The van der Waals surface area contributed by atoms with Gasteiger partial charge in [0.05, 0.1) is 0 Å². The van der Waals surface area contributed by atoms with Gasteiger partial charge < -0.3 is 10.2 Å². The lowest BCUT2D eigenvalue weighted by atomic mass is 10.1. The Morgan fingerprint density at radius 2 is 1.81 bits per heavy atom. The number of hydrogen-bond donors (Lipinski definition) is 1. The number of nitrogens with one attached hydrogen (secondary N) is 1. The minimum atomic E-state index is -0.180. The molecule has 0 aromatic heterocycles. The predicted molar refractivity (Wildman–Crippen MR) is 90.1 cm³/mol. The van der Waals surface area contributed by atoms with E-state index in [-0.39, 0.29) is 11.9 Å². The van der Waals surface area contributed by atoms with Crippen LogP contribution in [0.3, 0.4) is 0 Å². The zero-order chi connectivity index (χ0) is 15.4. The van der Waals surface area contributed by atoms with Gasteiger partial charge in [0.15, 0.2) is 0 Å². The van der Waals surface area contributed by atoms with Gasteiger partial charge in [0.2, 0.25) is 0 Å². The second-order valence-corrected chi connectivity index (χ2v) is 6.24. The maximum atomic E-state index is 13.7. The van der Waals surface area contributed by atoms with E-state index >= 15 is 0 Å². The van der Waals surface area contributed by atoms with Crippen molar-refractivity contribution in [2.75, 3.05) is 19.0 Å². The lowest BCUT2D eigenvalue weighted by molar-refractivity contribution is 0.544. The van der Waals surface area contributed by atoms with Crippen LogP contribution >= 0.6 is 15.9 Å². The Morgan fingerprint density at radius 3 is 2.43 bits per heavy atom. The normalized spacial score (nSPS) is 12.2. The van der Waals surface area contributed by atoms with E-state index in [0.717, 1.165) is 4.47 Å². The van der Waals surface area contributed by atoms with Gasteiger partial charge in [-0.2, -0.15) is 0 Å². The first-order valence-corrected chi connectivity index (χ1v) is 7.71. The lowest BCUT2D eigenvalue weighted by Gasteiger charge is -2.17. The maximum absolute atomic E-state index is 13.7. The van der Waals surface area contributed by atoms with Crippen molar-refractivity contribution < 1.29 is 4.39 Å². The molecule has 0 aliphatic heterocycles. The minimum Gasteiger partial charge on any atom is -0.378 e. The monoisotopic (exact) mass is 350 g/mol. The number of hydrogen-bond acceptors (Lipinski definition) is 2. The van der Waals surface area contributed by atoms with Crippen LogP contribution in [-0.4, -0.2) is 14.1 Å². The number of halogens is 2. The van der Waals surface area contributed by atoms with Crippen LogP contribution in [0.2, 0.25) is 0 Å². The summed E-state index contributed by atoms with van der Waals surface area (Å²) in [5.74, 6) is -0.180. The molecule has 0 aliphatic rings. The molecule has 0 saturated heterocycles. The summed E-state index contributed by atoms with van der Waals surface area (Å²) in [6.07, 6.45) is 0. The van der Waals surface area contributed by atoms with Crippen LogP contribution in [-0.2, 0) is 6.54 Å². The highest BCUT2D eigenvalue weighted by Gasteiger charge is 2.08. The van der Waals surface area contributed by atoms with Crippen LogP contribution in [0.4, 0.5) is 10.1 Å². The van der Waals surface area contributed by atoms with Gasteiger partial charge in [-0.15, -0.1) is 0 Å². The molecular weight excluding hydrogens is 331 g/mol. The summed E-state index contributed by atoms with van der Waals surface area (Å²) in [4.78, 5) is 2.07. The van der Waals surface area contributed by atoms with Crippen molar-refractivity contribution in [3.8, 4) is 0 Å². The molecule has 112 valence electrons. The average Bonchev–Trinajstić information content (AvgIpc) is 2.48. The molecule has 0 aliphatic carbocycles.